The topological polar surface area (TPSA) is 16.4 Å². The minimum atomic E-state index is -0.170. The van der Waals surface area contributed by atoms with Crippen molar-refractivity contribution in [3.8, 4) is 22.3 Å². The average Bonchev–Trinajstić information content (AvgIpc) is 3.74. The molecule has 268 valence electrons. The molecular formula is C55H37NO. The Hall–Kier alpha value is -7.16. The summed E-state index contributed by atoms with van der Waals surface area (Å²) in [6.07, 6.45) is 0. The Balaban J connectivity index is 1.26. The molecule has 2 heteroatoms. The highest BCUT2D eigenvalue weighted by Crippen LogP contribution is 2.54. The van der Waals surface area contributed by atoms with Crippen LogP contribution in [0.25, 0.3) is 87.3 Å². The highest BCUT2D eigenvalue weighted by atomic mass is 16.3. The molecule has 1 heterocycles. The highest BCUT2D eigenvalue weighted by Gasteiger charge is 2.36. The summed E-state index contributed by atoms with van der Waals surface area (Å²) in [5.41, 5.74) is 12.6. The maximum absolute atomic E-state index is 6.63. The van der Waals surface area contributed by atoms with Gasteiger partial charge in [-0.3, -0.25) is 0 Å². The van der Waals surface area contributed by atoms with Crippen molar-refractivity contribution in [2.24, 2.45) is 0 Å². The molecule has 0 saturated heterocycles. The van der Waals surface area contributed by atoms with Crippen molar-refractivity contribution in [3.05, 3.63) is 199 Å². The third-order valence-corrected chi connectivity index (χ3v) is 12.6. The van der Waals surface area contributed by atoms with Gasteiger partial charge in [-0.25, -0.2) is 0 Å². The third kappa shape index (κ3) is 4.59. The molecule has 0 N–H and O–H groups in total. The van der Waals surface area contributed by atoms with Gasteiger partial charge in [0.1, 0.15) is 11.2 Å². The van der Waals surface area contributed by atoms with Crippen LogP contribution >= 0.6 is 0 Å². The van der Waals surface area contributed by atoms with Gasteiger partial charge < -0.3 is 9.32 Å². The quantitative estimate of drug-likeness (QED) is 0.168. The van der Waals surface area contributed by atoms with Crippen LogP contribution in [0.1, 0.15) is 25.0 Å². The van der Waals surface area contributed by atoms with E-state index in [1.807, 2.05) is 6.07 Å². The fourth-order valence-corrected chi connectivity index (χ4v) is 9.98. The highest BCUT2D eigenvalue weighted by molar-refractivity contribution is 6.30. The van der Waals surface area contributed by atoms with Crippen LogP contribution in [-0.4, -0.2) is 0 Å². The zero-order valence-electron chi connectivity index (χ0n) is 31.8. The van der Waals surface area contributed by atoms with Crippen LogP contribution in [0.3, 0.4) is 0 Å². The Kier molecular flexibility index (Phi) is 6.72. The van der Waals surface area contributed by atoms with Gasteiger partial charge in [0, 0.05) is 44.6 Å². The molecule has 12 rings (SSSR count). The molecule has 1 aliphatic rings. The summed E-state index contributed by atoms with van der Waals surface area (Å²) in [6, 6.07) is 69.2. The molecule has 0 atom stereocenters. The van der Waals surface area contributed by atoms with Crippen LogP contribution in [0.15, 0.2) is 192 Å². The van der Waals surface area contributed by atoms with Crippen molar-refractivity contribution in [2.45, 2.75) is 19.3 Å². The summed E-state index contributed by atoms with van der Waals surface area (Å²) in [5, 5.41) is 12.1. The fraction of sp³-hybridized carbons (Fsp3) is 0.0545. The molecule has 11 aromatic rings. The van der Waals surface area contributed by atoms with E-state index in [0.29, 0.717) is 0 Å². The number of nitrogens with zero attached hydrogens (tertiary/aromatic N) is 1. The number of benzene rings is 10. The van der Waals surface area contributed by atoms with Crippen molar-refractivity contribution in [3.63, 3.8) is 0 Å². The van der Waals surface area contributed by atoms with E-state index in [9.17, 15) is 0 Å². The number of anilines is 3. The van der Waals surface area contributed by atoms with Crippen LogP contribution < -0.4 is 4.90 Å². The van der Waals surface area contributed by atoms with E-state index in [0.717, 1.165) is 39.0 Å². The summed E-state index contributed by atoms with van der Waals surface area (Å²) in [7, 11) is 0. The zero-order valence-corrected chi connectivity index (χ0v) is 31.8. The van der Waals surface area contributed by atoms with Gasteiger partial charge in [0.2, 0.25) is 0 Å². The second-order valence-electron chi connectivity index (χ2n) is 16.0. The Morgan fingerprint density at radius 1 is 0.368 bits per heavy atom. The largest absolute Gasteiger partial charge is 0.456 e. The van der Waals surface area contributed by atoms with Gasteiger partial charge in [0.05, 0.1) is 5.69 Å². The summed E-state index contributed by atoms with van der Waals surface area (Å²) in [4.78, 5) is 2.52. The Morgan fingerprint density at radius 3 is 1.72 bits per heavy atom. The first kappa shape index (κ1) is 32.1. The van der Waals surface area contributed by atoms with Crippen LogP contribution in [0.5, 0.6) is 0 Å². The van der Waals surface area contributed by atoms with E-state index in [2.05, 4.69) is 201 Å². The molecule has 10 aromatic carbocycles. The maximum atomic E-state index is 6.63. The van der Waals surface area contributed by atoms with Crippen LogP contribution in [-0.2, 0) is 5.41 Å². The lowest BCUT2D eigenvalue weighted by atomic mass is 9.82. The molecular weight excluding hydrogens is 691 g/mol. The minimum Gasteiger partial charge on any atom is -0.456 e. The second-order valence-corrected chi connectivity index (χ2v) is 16.0. The van der Waals surface area contributed by atoms with E-state index in [4.69, 9.17) is 4.42 Å². The van der Waals surface area contributed by atoms with Gasteiger partial charge in [-0.15, -0.1) is 0 Å². The van der Waals surface area contributed by atoms with E-state index in [1.165, 1.54) is 76.5 Å². The van der Waals surface area contributed by atoms with Crippen molar-refractivity contribution >= 4 is 82.1 Å². The molecule has 1 aromatic heterocycles. The zero-order chi connectivity index (χ0) is 37.8. The van der Waals surface area contributed by atoms with E-state index in [1.54, 1.807) is 0 Å². The smallest absolute Gasteiger partial charge is 0.137 e. The van der Waals surface area contributed by atoms with E-state index in [-0.39, 0.29) is 5.41 Å². The fourth-order valence-electron chi connectivity index (χ4n) is 9.98. The van der Waals surface area contributed by atoms with Gasteiger partial charge in [-0.1, -0.05) is 166 Å². The van der Waals surface area contributed by atoms with Gasteiger partial charge in [0.15, 0.2) is 0 Å². The number of rotatable bonds is 4. The van der Waals surface area contributed by atoms with Crippen LogP contribution in [0.2, 0.25) is 0 Å². The average molecular weight is 728 g/mol. The maximum Gasteiger partial charge on any atom is 0.137 e. The lowest BCUT2D eigenvalue weighted by molar-refractivity contribution is 0.660. The van der Waals surface area contributed by atoms with Crippen molar-refractivity contribution in [2.75, 3.05) is 4.90 Å². The molecule has 0 spiro atoms. The normalized spacial score (nSPS) is 13.2. The number of para-hydroxylation sites is 1. The molecule has 0 amide bonds. The Bertz CT molecular complexity index is 3420. The first-order valence-corrected chi connectivity index (χ1v) is 19.8. The SMILES string of the molecule is CC1(C)c2ccccc2-c2ccc(N(c3ccc4c(c3)oc3ccccc34)c3c(-c4cccc5ccccc45)ccc4c5ccccc5c5ccccc5c34)cc21. The summed E-state index contributed by atoms with van der Waals surface area (Å²) in [6.45, 7) is 4.73. The number of hydrogen-bond donors (Lipinski definition) is 0. The van der Waals surface area contributed by atoms with Gasteiger partial charge in [-0.05, 0) is 95.9 Å². The lowest BCUT2D eigenvalue weighted by Crippen LogP contribution is -2.17. The van der Waals surface area contributed by atoms with Crippen molar-refractivity contribution < 1.29 is 4.42 Å². The first-order valence-electron chi connectivity index (χ1n) is 19.8. The Labute approximate surface area is 330 Å². The summed E-state index contributed by atoms with van der Waals surface area (Å²) >= 11 is 0. The van der Waals surface area contributed by atoms with Gasteiger partial charge >= 0.3 is 0 Å². The second kappa shape index (κ2) is 11.9. The van der Waals surface area contributed by atoms with E-state index >= 15 is 0 Å². The van der Waals surface area contributed by atoms with Crippen LogP contribution in [0, 0.1) is 0 Å². The summed E-state index contributed by atoms with van der Waals surface area (Å²) in [5.74, 6) is 0. The molecule has 0 bridgehead atoms. The molecule has 0 unspecified atom stereocenters. The predicted molar refractivity (Wildman–Crippen MR) is 241 cm³/mol. The number of furan rings is 1. The Morgan fingerprint density at radius 2 is 0.895 bits per heavy atom. The predicted octanol–water partition coefficient (Wildman–Crippen LogP) is 15.6. The summed E-state index contributed by atoms with van der Waals surface area (Å²) < 4.78 is 6.63. The molecule has 1 aliphatic carbocycles. The van der Waals surface area contributed by atoms with Gasteiger partial charge in [-0.2, -0.15) is 0 Å². The molecule has 0 fully saturated rings. The van der Waals surface area contributed by atoms with Crippen molar-refractivity contribution in [1.29, 1.82) is 0 Å². The lowest BCUT2D eigenvalue weighted by Gasteiger charge is -2.32. The molecule has 0 saturated carbocycles. The monoisotopic (exact) mass is 727 g/mol. The van der Waals surface area contributed by atoms with E-state index < -0.39 is 0 Å². The van der Waals surface area contributed by atoms with Gasteiger partial charge in [0.25, 0.3) is 0 Å². The standard InChI is InChI=1S/C55H37NO/c1-55(2)49-24-11-9-20-42(49)43-28-26-35(32-50(43)55)56(36-27-29-45-44-21-10-12-25-51(44)57-52(45)33-36)54-48(38-23-13-15-34-14-3-4-16-37(34)38)31-30-47-41-19-6-5-17-39(41)40-18-7-8-22-46(40)53(47)54/h3-33H,1-2H3. The molecule has 0 aliphatic heterocycles. The molecule has 2 nitrogen and oxygen atoms in total. The molecule has 57 heavy (non-hydrogen) atoms. The van der Waals surface area contributed by atoms with Crippen LogP contribution in [0.4, 0.5) is 17.1 Å². The third-order valence-electron chi connectivity index (χ3n) is 12.6. The minimum absolute atomic E-state index is 0.170. The number of hydrogen-bond acceptors (Lipinski definition) is 2. The number of fused-ring (bicyclic) bond motifs is 13. The van der Waals surface area contributed by atoms with Crippen molar-refractivity contribution in [1.82, 2.24) is 0 Å². The first-order chi connectivity index (χ1) is 28.0. The molecule has 0 radical (unpaired) electrons.